The Labute approximate surface area is 120 Å². The molecule has 0 fully saturated rings. The molecule has 0 bridgehead atoms. The van der Waals surface area contributed by atoms with Gasteiger partial charge in [-0.25, -0.2) is 4.98 Å². The Morgan fingerprint density at radius 1 is 1.10 bits per heavy atom. The normalized spacial score (nSPS) is 10.5. The lowest BCUT2D eigenvalue weighted by molar-refractivity contribution is 0.671. The van der Waals surface area contributed by atoms with Crippen LogP contribution in [0.2, 0.25) is 0 Å². The average molecular weight is 270 g/mol. The highest BCUT2D eigenvalue weighted by molar-refractivity contribution is 5.46. The third-order valence-electron chi connectivity index (χ3n) is 3.10. The molecule has 0 aromatic carbocycles. The predicted octanol–water partition coefficient (Wildman–Crippen LogP) is 2.61. The molecule has 4 nitrogen and oxygen atoms in total. The quantitative estimate of drug-likeness (QED) is 0.785. The lowest BCUT2D eigenvalue weighted by Gasteiger charge is -2.21. The first-order valence-corrected chi connectivity index (χ1v) is 7.07. The second-order valence-electron chi connectivity index (χ2n) is 4.84. The summed E-state index contributed by atoms with van der Waals surface area (Å²) in [5.41, 5.74) is 2.27. The first kappa shape index (κ1) is 14.5. The highest BCUT2D eigenvalue weighted by Gasteiger charge is 2.09. The van der Waals surface area contributed by atoms with Gasteiger partial charge in [0, 0.05) is 31.5 Å². The summed E-state index contributed by atoms with van der Waals surface area (Å²) in [4.78, 5) is 11.0. The topological polar surface area (TPSA) is 41.1 Å². The van der Waals surface area contributed by atoms with Gasteiger partial charge in [-0.05, 0) is 31.2 Å². The summed E-state index contributed by atoms with van der Waals surface area (Å²) in [6.45, 7) is 4.81. The maximum absolute atomic E-state index is 4.51. The lowest BCUT2D eigenvalue weighted by Crippen LogP contribution is -2.22. The van der Waals surface area contributed by atoms with Crippen LogP contribution >= 0.6 is 0 Å². The standard InChI is InChI=1S/C16H22N4/c1-3-9-17-12-14-7-6-11-19-16(14)20(2)13-15-8-4-5-10-18-15/h4-8,10-11,17H,3,9,12-13H2,1-2H3. The molecular weight excluding hydrogens is 248 g/mol. The van der Waals surface area contributed by atoms with Gasteiger partial charge in [0.25, 0.3) is 0 Å². The van der Waals surface area contributed by atoms with Crippen molar-refractivity contribution in [3.8, 4) is 0 Å². The molecule has 0 amide bonds. The molecular formula is C16H22N4. The predicted molar refractivity (Wildman–Crippen MR) is 82.6 cm³/mol. The number of hydrogen-bond donors (Lipinski definition) is 1. The van der Waals surface area contributed by atoms with Crippen LogP contribution in [0, 0.1) is 0 Å². The number of rotatable bonds is 7. The van der Waals surface area contributed by atoms with Crippen LogP contribution in [-0.2, 0) is 13.1 Å². The fraction of sp³-hybridized carbons (Fsp3) is 0.375. The molecule has 0 saturated heterocycles. The van der Waals surface area contributed by atoms with Crippen molar-refractivity contribution in [1.82, 2.24) is 15.3 Å². The van der Waals surface area contributed by atoms with Gasteiger partial charge in [0.1, 0.15) is 5.82 Å². The van der Waals surface area contributed by atoms with Crippen LogP contribution in [0.1, 0.15) is 24.6 Å². The SMILES string of the molecule is CCCNCc1cccnc1N(C)Cc1ccccn1. The van der Waals surface area contributed by atoms with E-state index in [2.05, 4.69) is 40.2 Å². The number of hydrogen-bond acceptors (Lipinski definition) is 4. The molecule has 2 aromatic heterocycles. The Morgan fingerprint density at radius 3 is 2.70 bits per heavy atom. The Balaban J connectivity index is 2.07. The minimum atomic E-state index is 0.763. The Kier molecular flexibility index (Phi) is 5.50. The minimum absolute atomic E-state index is 0.763. The van der Waals surface area contributed by atoms with Gasteiger partial charge < -0.3 is 10.2 Å². The lowest BCUT2D eigenvalue weighted by atomic mass is 10.2. The van der Waals surface area contributed by atoms with E-state index in [9.17, 15) is 0 Å². The zero-order chi connectivity index (χ0) is 14.2. The van der Waals surface area contributed by atoms with E-state index in [4.69, 9.17) is 0 Å². The fourth-order valence-corrected chi connectivity index (χ4v) is 2.12. The summed E-state index contributed by atoms with van der Waals surface area (Å²) >= 11 is 0. The minimum Gasteiger partial charge on any atom is -0.354 e. The monoisotopic (exact) mass is 270 g/mol. The number of anilines is 1. The van der Waals surface area contributed by atoms with Crippen molar-refractivity contribution in [1.29, 1.82) is 0 Å². The van der Waals surface area contributed by atoms with Crippen molar-refractivity contribution in [3.05, 3.63) is 54.0 Å². The van der Waals surface area contributed by atoms with Crippen LogP contribution in [0.4, 0.5) is 5.82 Å². The van der Waals surface area contributed by atoms with Crippen molar-refractivity contribution >= 4 is 5.82 Å². The Hall–Kier alpha value is -1.94. The van der Waals surface area contributed by atoms with Crippen LogP contribution in [0.3, 0.4) is 0 Å². The molecule has 2 rings (SSSR count). The maximum Gasteiger partial charge on any atom is 0.133 e. The summed E-state index contributed by atoms with van der Waals surface area (Å²) in [6.07, 6.45) is 4.80. The number of pyridine rings is 2. The van der Waals surface area contributed by atoms with Gasteiger partial charge in [0.05, 0.1) is 12.2 Å². The van der Waals surface area contributed by atoms with Crippen molar-refractivity contribution < 1.29 is 0 Å². The van der Waals surface area contributed by atoms with Crippen molar-refractivity contribution in [2.45, 2.75) is 26.4 Å². The summed E-state index contributed by atoms with van der Waals surface area (Å²) in [6, 6.07) is 10.1. The Morgan fingerprint density at radius 2 is 1.95 bits per heavy atom. The summed E-state index contributed by atoms with van der Waals surface area (Å²) < 4.78 is 0. The van der Waals surface area contributed by atoms with Crippen LogP contribution < -0.4 is 10.2 Å². The van der Waals surface area contributed by atoms with Crippen LogP contribution in [-0.4, -0.2) is 23.6 Å². The first-order chi connectivity index (χ1) is 9.81. The highest BCUT2D eigenvalue weighted by atomic mass is 15.2. The van der Waals surface area contributed by atoms with E-state index in [0.29, 0.717) is 0 Å². The van der Waals surface area contributed by atoms with E-state index in [1.165, 1.54) is 5.56 Å². The van der Waals surface area contributed by atoms with Gasteiger partial charge in [-0.1, -0.05) is 19.1 Å². The first-order valence-electron chi connectivity index (χ1n) is 7.07. The zero-order valence-corrected chi connectivity index (χ0v) is 12.2. The molecule has 0 saturated carbocycles. The number of aromatic nitrogens is 2. The van der Waals surface area contributed by atoms with Crippen molar-refractivity contribution in [3.63, 3.8) is 0 Å². The molecule has 0 radical (unpaired) electrons. The molecule has 0 spiro atoms. The molecule has 0 aliphatic carbocycles. The summed E-state index contributed by atoms with van der Waals surface area (Å²) in [5, 5.41) is 3.43. The molecule has 20 heavy (non-hydrogen) atoms. The zero-order valence-electron chi connectivity index (χ0n) is 12.2. The largest absolute Gasteiger partial charge is 0.354 e. The smallest absolute Gasteiger partial charge is 0.133 e. The van der Waals surface area contributed by atoms with Gasteiger partial charge in [-0.2, -0.15) is 0 Å². The number of nitrogens with zero attached hydrogens (tertiary/aromatic N) is 3. The van der Waals surface area contributed by atoms with E-state index in [1.54, 1.807) is 0 Å². The van der Waals surface area contributed by atoms with Crippen molar-refractivity contribution in [2.24, 2.45) is 0 Å². The molecule has 2 aromatic rings. The van der Waals surface area contributed by atoms with Crippen LogP contribution in [0.15, 0.2) is 42.7 Å². The second-order valence-corrected chi connectivity index (χ2v) is 4.84. The molecule has 2 heterocycles. The summed E-state index contributed by atoms with van der Waals surface area (Å²) in [7, 11) is 2.06. The van der Waals surface area contributed by atoms with E-state index in [1.807, 2.05) is 36.7 Å². The third kappa shape index (κ3) is 4.03. The van der Waals surface area contributed by atoms with E-state index in [-0.39, 0.29) is 0 Å². The molecule has 1 N–H and O–H groups in total. The van der Waals surface area contributed by atoms with Gasteiger partial charge >= 0.3 is 0 Å². The third-order valence-corrected chi connectivity index (χ3v) is 3.10. The number of nitrogens with one attached hydrogen (secondary N) is 1. The van der Waals surface area contributed by atoms with E-state index in [0.717, 1.165) is 37.6 Å². The average Bonchev–Trinajstić information content (AvgIpc) is 2.49. The molecule has 0 aliphatic heterocycles. The van der Waals surface area contributed by atoms with Crippen LogP contribution in [0.5, 0.6) is 0 Å². The molecule has 0 unspecified atom stereocenters. The van der Waals surface area contributed by atoms with Gasteiger partial charge in [0.15, 0.2) is 0 Å². The Bertz CT molecular complexity index is 513. The van der Waals surface area contributed by atoms with E-state index < -0.39 is 0 Å². The molecule has 106 valence electrons. The fourth-order valence-electron chi connectivity index (χ4n) is 2.12. The van der Waals surface area contributed by atoms with Gasteiger partial charge in [0.2, 0.25) is 0 Å². The van der Waals surface area contributed by atoms with E-state index >= 15 is 0 Å². The van der Waals surface area contributed by atoms with Gasteiger partial charge in [-0.3, -0.25) is 4.98 Å². The van der Waals surface area contributed by atoms with Gasteiger partial charge in [-0.15, -0.1) is 0 Å². The maximum atomic E-state index is 4.51. The van der Waals surface area contributed by atoms with Crippen LogP contribution in [0.25, 0.3) is 0 Å². The highest BCUT2D eigenvalue weighted by Crippen LogP contribution is 2.17. The molecule has 4 heteroatoms. The van der Waals surface area contributed by atoms with Crippen molar-refractivity contribution in [2.75, 3.05) is 18.5 Å². The molecule has 0 aliphatic rings. The molecule has 0 atom stereocenters. The second kappa shape index (κ2) is 7.60. The summed E-state index contributed by atoms with van der Waals surface area (Å²) in [5.74, 6) is 1.02.